The lowest BCUT2D eigenvalue weighted by Gasteiger charge is -2.16. The summed E-state index contributed by atoms with van der Waals surface area (Å²) in [7, 11) is 3.12. The molecule has 0 fully saturated rings. The maximum Gasteiger partial charge on any atom is 0.248 e. The first kappa shape index (κ1) is 18.5. The molecule has 0 spiro atoms. The number of benzene rings is 1. The largest absolute Gasteiger partial charge is 0.497 e. The number of likely N-dealkylation sites (N-methyl/N-ethyl adjacent to an activating group) is 1. The molecule has 0 radical (unpaired) electrons. The first-order valence-corrected chi connectivity index (χ1v) is 7.65. The summed E-state index contributed by atoms with van der Waals surface area (Å²) in [5.41, 5.74) is 0.897. The summed E-state index contributed by atoms with van der Waals surface area (Å²) in [6.07, 6.45) is 0. The van der Waals surface area contributed by atoms with Crippen LogP contribution < -0.4 is 10.1 Å². The molecule has 2 rings (SSSR count). The molecule has 0 saturated carbocycles. The van der Waals surface area contributed by atoms with Gasteiger partial charge in [0.1, 0.15) is 18.1 Å². The summed E-state index contributed by atoms with van der Waals surface area (Å²) in [6, 6.07) is 8.99. The summed E-state index contributed by atoms with van der Waals surface area (Å²) in [5.74, 6) is 0.971. The van der Waals surface area contributed by atoms with E-state index < -0.39 is 0 Å². The maximum atomic E-state index is 12.0. The van der Waals surface area contributed by atoms with Crippen LogP contribution in [0.15, 0.2) is 34.9 Å². The van der Waals surface area contributed by atoms with E-state index in [9.17, 15) is 9.59 Å². The lowest BCUT2D eigenvalue weighted by atomic mass is 10.2. The van der Waals surface area contributed by atoms with Crippen LogP contribution in [0.4, 0.5) is 5.82 Å². The number of nitrogens with one attached hydrogen (secondary N) is 1. The summed E-state index contributed by atoms with van der Waals surface area (Å²) in [4.78, 5) is 25.2. The van der Waals surface area contributed by atoms with Crippen molar-refractivity contribution >= 4 is 17.6 Å². The zero-order valence-electron chi connectivity index (χ0n) is 14.4. The normalized spacial score (nSPS) is 10.4. The average molecular weight is 347 g/mol. The van der Waals surface area contributed by atoms with Crippen molar-refractivity contribution in [2.75, 3.05) is 32.6 Å². The second-order valence-electron chi connectivity index (χ2n) is 5.47. The lowest BCUT2D eigenvalue weighted by molar-refractivity contribution is -0.137. The number of ether oxygens (including phenoxy) is 2. The molecular weight excluding hydrogens is 326 g/mol. The number of hydrogen-bond donors (Lipinski definition) is 1. The molecule has 0 saturated heterocycles. The summed E-state index contributed by atoms with van der Waals surface area (Å²) in [6.45, 7) is 1.77. The number of nitrogens with zero attached hydrogens (tertiary/aromatic N) is 2. The highest BCUT2D eigenvalue weighted by molar-refractivity contribution is 5.93. The second-order valence-corrected chi connectivity index (χ2v) is 5.47. The molecule has 0 bridgehead atoms. The number of rotatable bonds is 8. The van der Waals surface area contributed by atoms with Crippen molar-refractivity contribution in [3.8, 4) is 5.75 Å². The highest BCUT2D eigenvalue weighted by Gasteiger charge is 2.14. The van der Waals surface area contributed by atoms with E-state index in [-0.39, 0.29) is 31.6 Å². The summed E-state index contributed by atoms with van der Waals surface area (Å²) >= 11 is 0. The number of carbonyl (C=O) groups excluding carboxylic acids is 2. The Balaban J connectivity index is 1.73. The summed E-state index contributed by atoms with van der Waals surface area (Å²) < 4.78 is 15.4. The SMILES string of the molecule is COc1cccc(COCC(=O)N(C)CC(=O)Nc2cc(C)on2)c1. The van der Waals surface area contributed by atoms with Gasteiger partial charge >= 0.3 is 0 Å². The zero-order chi connectivity index (χ0) is 18.2. The first-order valence-electron chi connectivity index (χ1n) is 7.65. The second kappa shape index (κ2) is 8.84. The fraction of sp³-hybridized carbons (Fsp3) is 0.353. The molecule has 1 aromatic carbocycles. The monoisotopic (exact) mass is 347 g/mol. The number of carbonyl (C=O) groups is 2. The van der Waals surface area contributed by atoms with Crippen molar-refractivity contribution in [1.82, 2.24) is 10.1 Å². The van der Waals surface area contributed by atoms with Crippen LogP contribution in [-0.4, -0.2) is 49.2 Å². The van der Waals surface area contributed by atoms with Crippen LogP contribution >= 0.6 is 0 Å². The van der Waals surface area contributed by atoms with E-state index in [0.29, 0.717) is 11.6 Å². The Morgan fingerprint density at radius 3 is 2.80 bits per heavy atom. The van der Waals surface area contributed by atoms with Gasteiger partial charge in [0.2, 0.25) is 11.8 Å². The molecule has 1 N–H and O–H groups in total. The van der Waals surface area contributed by atoms with Gasteiger partial charge in [-0.25, -0.2) is 0 Å². The van der Waals surface area contributed by atoms with Crippen LogP contribution in [0, 0.1) is 6.92 Å². The molecule has 8 nitrogen and oxygen atoms in total. The van der Waals surface area contributed by atoms with Crippen LogP contribution in [0.2, 0.25) is 0 Å². The number of anilines is 1. The Hall–Kier alpha value is -2.87. The van der Waals surface area contributed by atoms with E-state index in [1.807, 2.05) is 24.3 Å². The van der Waals surface area contributed by atoms with E-state index in [1.54, 1.807) is 20.1 Å². The molecule has 1 heterocycles. The van der Waals surface area contributed by atoms with Crippen LogP contribution in [0.25, 0.3) is 0 Å². The Morgan fingerprint density at radius 2 is 2.12 bits per heavy atom. The van der Waals surface area contributed by atoms with E-state index in [2.05, 4.69) is 10.5 Å². The van der Waals surface area contributed by atoms with Gasteiger partial charge in [-0.3, -0.25) is 9.59 Å². The number of hydrogen-bond acceptors (Lipinski definition) is 6. The van der Waals surface area contributed by atoms with Crippen LogP contribution in [0.5, 0.6) is 5.75 Å². The molecule has 25 heavy (non-hydrogen) atoms. The average Bonchev–Trinajstić information content (AvgIpc) is 2.99. The Labute approximate surface area is 145 Å². The predicted octanol–water partition coefficient (Wildman–Crippen LogP) is 1.61. The lowest BCUT2D eigenvalue weighted by Crippen LogP contribution is -2.37. The fourth-order valence-electron chi connectivity index (χ4n) is 2.04. The topological polar surface area (TPSA) is 93.9 Å². The number of aryl methyl sites for hydroxylation is 1. The first-order chi connectivity index (χ1) is 12.0. The van der Waals surface area contributed by atoms with Gasteiger partial charge in [-0.05, 0) is 24.6 Å². The smallest absolute Gasteiger partial charge is 0.248 e. The van der Waals surface area contributed by atoms with Crippen molar-refractivity contribution in [1.29, 1.82) is 0 Å². The van der Waals surface area contributed by atoms with Gasteiger partial charge in [0.25, 0.3) is 0 Å². The van der Waals surface area contributed by atoms with Gasteiger partial charge in [-0.15, -0.1) is 0 Å². The molecular formula is C17H21N3O5. The van der Waals surface area contributed by atoms with Crippen LogP contribution in [-0.2, 0) is 20.9 Å². The van der Waals surface area contributed by atoms with Gasteiger partial charge < -0.3 is 24.2 Å². The fourth-order valence-corrected chi connectivity index (χ4v) is 2.04. The number of aromatic nitrogens is 1. The third-order valence-corrected chi connectivity index (χ3v) is 3.33. The standard InChI is InChI=1S/C17H21N3O5/c1-12-7-15(19-25-12)18-16(21)9-20(2)17(22)11-24-10-13-5-4-6-14(8-13)23-3/h4-8H,9-11H2,1-3H3,(H,18,19,21). The molecule has 0 aliphatic carbocycles. The minimum atomic E-state index is -0.364. The molecule has 1 aromatic heterocycles. The molecule has 2 aromatic rings. The maximum absolute atomic E-state index is 12.0. The molecule has 0 unspecified atom stereocenters. The molecule has 0 aliphatic heterocycles. The van der Waals surface area contributed by atoms with Crippen molar-refractivity contribution in [2.24, 2.45) is 0 Å². The molecule has 134 valence electrons. The van der Waals surface area contributed by atoms with Gasteiger partial charge in [0.15, 0.2) is 5.82 Å². The molecule has 8 heteroatoms. The van der Waals surface area contributed by atoms with Gasteiger partial charge in [-0.2, -0.15) is 0 Å². The third kappa shape index (κ3) is 5.92. The Morgan fingerprint density at radius 1 is 1.32 bits per heavy atom. The van der Waals surface area contributed by atoms with Crippen LogP contribution in [0.1, 0.15) is 11.3 Å². The Kier molecular flexibility index (Phi) is 6.53. The molecule has 2 amide bonds. The Bertz CT molecular complexity index is 729. The van der Waals surface area contributed by atoms with Gasteiger partial charge in [0, 0.05) is 13.1 Å². The quantitative estimate of drug-likeness (QED) is 0.780. The van der Waals surface area contributed by atoms with Crippen molar-refractivity contribution < 1.29 is 23.6 Å². The predicted molar refractivity (Wildman–Crippen MR) is 90.2 cm³/mol. The van der Waals surface area contributed by atoms with E-state index in [4.69, 9.17) is 14.0 Å². The third-order valence-electron chi connectivity index (χ3n) is 3.33. The highest BCUT2D eigenvalue weighted by atomic mass is 16.5. The van der Waals surface area contributed by atoms with E-state index >= 15 is 0 Å². The highest BCUT2D eigenvalue weighted by Crippen LogP contribution is 2.13. The van der Waals surface area contributed by atoms with E-state index in [1.165, 1.54) is 11.9 Å². The van der Waals surface area contributed by atoms with Gasteiger partial charge in [0.05, 0.1) is 20.3 Å². The number of methoxy groups -OCH3 is 1. The van der Waals surface area contributed by atoms with E-state index in [0.717, 1.165) is 11.3 Å². The van der Waals surface area contributed by atoms with Crippen molar-refractivity contribution in [2.45, 2.75) is 13.5 Å². The van der Waals surface area contributed by atoms with Crippen LogP contribution in [0.3, 0.4) is 0 Å². The summed E-state index contributed by atoms with van der Waals surface area (Å²) in [5, 5.41) is 6.21. The minimum absolute atomic E-state index is 0.104. The zero-order valence-corrected chi connectivity index (χ0v) is 14.4. The van der Waals surface area contributed by atoms with Crippen molar-refractivity contribution in [3.05, 3.63) is 41.7 Å². The minimum Gasteiger partial charge on any atom is -0.497 e. The molecule has 0 atom stereocenters. The number of amides is 2. The van der Waals surface area contributed by atoms with Crippen molar-refractivity contribution in [3.63, 3.8) is 0 Å². The van der Waals surface area contributed by atoms with Gasteiger partial charge in [-0.1, -0.05) is 17.3 Å². The molecule has 0 aliphatic rings.